The molecule has 0 unspecified atom stereocenters. The van der Waals surface area contributed by atoms with E-state index in [1.807, 2.05) is 0 Å². The highest BCUT2D eigenvalue weighted by atomic mass is 16.4. The molecular formula is C4H9BN2O2. The van der Waals surface area contributed by atoms with Crippen molar-refractivity contribution >= 4 is 7.12 Å². The van der Waals surface area contributed by atoms with Crippen molar-refractivity contribution in [2.75, 3.05) is 0 Å². The fourth-order valence-electron chi connectivity index (χ4n) is 0.336. The Hall–Kier alpha value is -0.775. The molecule has 0 fully saturated rings. The summed E-state index contributed by atoms with van der Waals surface area (Å²) < 4.78 is 0. The van der Waals surface area contributed by atoms with Gasteiger partial charge in [-0.1, -0.05) is 12.7 Å². The van der Waals surface area contributed by atoms with Crippen LogP contribution in [0.5, 0.6) is 0 Å². The molecule has 0 saturated heterocycles. The maximum absolute atomic E-state index is 8.44. The van der Waals surface area contributed by atoms with Crippen molar-refractivity contribution in [2.45, 2.75) is 0 Å². The van der Waals surface area contributed by atoms with Gasteiger partial charge in [0.25, 0.3) is 0 Å². The van der Waals surface area contributed by atoms with Crippen molar-refractivity contribution in [3.05, 3.63) is 24.3 Å². The zero-order valence-electron chi connectivity index (χ0n) is 4.91. The molecule has 0 aromatic heterocycles. The van der Waals surface area contributed by atoms with Gasteiger partial charge in [-0.15, -0.1) is 0 Å². The highest BCUT2D eigenvalue weighted by Gasteiger charge is 2.11. The van der Waals surface area contributed by atoms with E-state index in [0.29, 0.717) is 0 Å². The van der Waals surface area contributed by atoms with Gasteiger partial charge in [-0.3, -0.25) is 5.84 Å². The minimum Gasteiger partial charge on any atom is -0.422 e. The summed E-state index contributed by atoms with van der Waals surface area (Å²) in [5.41, 5.74) is 2.21. The van der Waals surface area contributed by atoms with Gasteiger partial charge in [0.2, 0.25) is 0 Å². The van der Waals surface area contributed by atoms with E-state index in [0.717, 1.165) is 0 Å². The molecule has 0 saturated carbocycles. The number of nitrogens with one attached hydrogen (secondary N) is 1. The normalized spacial score (nSPS) is 10.8. The van der Waals surface area contributed by atoms with Crippen LogP contribution in [0.25, 0.3) is 0 Å². The maximum atomic E-state index is 8.44. The summed E-state index contributed by atoms with van der Waals surface area (Å²) in [7, 11) is -1.56. The molecule has 9 heavy (non-hydrogen) atoms. The van der Waals surface area contributed by atoms with Crippen molar-refractivity contribution in [3.8, 4) is 0 Å². The molecule has 5 heteroatoms. The lowest BCUT2D eigenvalue weighted by Crippen LogP contribution is -2.32. The summed E-state index contributed by atoms with van der Waals surface area (Å²) in [6, 6.07) is 0. The van der Waals surface area contributed by atoms with Gasteiger partial charge < -0.3 is 15.5 Å². The first-order valence-corrected chi connectivity index (χ1v) is 2.37. The number of hydrazine groups is 1. The molecule has 50 valence electrons. The summed E-state index contributed by atoms with van der Waals surface area (Å²) in [6.07, 6.45) is 2.76. The van der Waals surface area contributed by atoms with Gasteiger partial charge in [0.15, 0.2) is 0 Å². The third-order valence-electron chi connectivity index (χ3n) is 0.742. The Bertz CT molecular complexity index is 124. The molecule has 0 amide bonds. The van der Waals surface area contributed by atoms with Gasteiger partial charge in [-0.25, -0.2) is 0 Å². The highest BCUT2D eigenvalue weighted by molar-refractivity contribution is 6.50. The molecular weight excluding hydrogens is 119 g/mol. The Morgan fingerprint density at radius 3 is 2.33 bits per heavy atom. The van der Waals surface area contributed by atoms with E-state index < -0.39 is 7.12 Å². The summed E-state index contributed by atoms with van der Waals surface area (Å²) in [5.74, 6) is 4.87. The zero-order chi connectivity index (χ0) is 7.28. The van der Waals surface area contributed by atoms with Crippen molar-refractivity contribution in [3.63, 3.8) is 0 Å². The second-order valence-electron chi connectivity index (χ2n) is 1.38. The predicted octanol–water partition coefficient (Wildman–Crippen LogP) is -1.47. The molecule has 4 nitrogen and oxygen atoms in total. The van der Waals surface area contributed by atoms with Crippen LogP contribution < -0.4 is 11.3 Å². The van der Waals surface area contributed by atoms with Gasteiger partial charge in [0.1, 0.15) is 0 Å². The lowest BCUT2D eigenvalue weighted by Gasteiger charge is -2.01. The van der Waals surface area contributed by atoms with Crippen molar-refractivity contribution in [2.24, 2.45) is 5.84 Å². The fourth-order valence-corrected chi connectivity index (χ4v) is 0.336. The van der Waals surface area contributed by atoms with Crippen molar-refractivity contribution in [1.29, 1.82) is 0 Å². The van der Waals surface area contributed by atoms with Crippen LogP contribution in [0.2, 0.25) is 0 Å². The molecule has 0 bridgehead atoms. The molecule has 5 N–H and O–H groups in total. The summed E-state index contributed by atoms with van der Waals surface area (Å²) >= 11 is 0. The monoisotopic (exact) mass is 128 g/mol. The lowest BCUT2D eigenvalue weighted by atomic mass is 9.86. The molecule has 0 aliphatic carbocycles. The molecule has 0 aliphatic heterocycles. The van der Waals surface area contributed by atoms with Crippen molar-refractivity contribution < 1.29 is 10.0 Å². The maximum Gasteiger partial charge on any atom is 0.506 e. The standard InChI is InChI=1S/C4H9BN2O2/c1-2-3-4(7-6)5(8)9/h2-3,7-9H,1,6H2/b4-3-. The van der Waals surface area contributed by atoms with Gasteiger partial charge in [-0.2, -0.15) is 0 Å². The van der Waals surface area contributed by atoms with Crippen LogP contribution in [0.4, 0.5) is 0 Å². The highest BCUT2D eigenvalue weighted by Crippen LogP contribution is 1.87. The smallest absolute Gasteiger partial charge is 0.422 e. The van der Waals surface area contributed by atoms with E-state index in [2.05, 4.69) is 12.0 Å². The second kappa shape index (κ2) is 4.14. The third-order valence-corrected chi connectivity index (χ3v) is 0.742. The average molecular weight is 128 g/mol. The molecule has 0 atom stereocenters. The quantitative estimate of drug-likeness (QED) is 0.162. The van der Waals surface area contributed by atoms with E-state index in [9.17, 15) is 0 Å². The molecule has 0 rings (SSSR count). The SMILES string of the molecule is C=C/C=C(\NN)B(O)O. The van der Waals surface area contributed by atoms with E-state index >= 15 is 0 Å². The number of hydrogen-bond donors (Lipinski definition) is 4. The summed E-state index contributed by atoms with van der Waals surface area (Å²) in [5, 5.41) is 16.9. The predicted molar refractivity (Wildman–Crippen MR) is 35.8 cm³/mol. The molecule has 0 aromatic carbocycles. The molecule has 0 heterocycles. The van der Waals surface area contributed by atoms with Crippen LogP contribution >= 0.6 is 0 Å². The van der Waals surface area contributed by atoms with E-state index in [4.69, 9.17) is 15.9 Å². The zero-order valence-corrected chi connectivity index (χ0v) is 4.91. The second-order valence-corrected chi connectivity index (χ2v) is 1.38. The van der Waals surface area contributed by atoms with E-state index in [1.165, 1.54) is 12.2 Å². The fraction of sp³-hybridized carbons (Fsp3) is 0. The number of hydrogen-bond acceptors (Lipinski definition) is 4. The van der Waals surface area contributed by atoms with E-state index in [1.54, 1.807) is 0 Å². The summed E-state index contributed by atoms with van der Waals surface area (Å²) in [4.78, 5) is 0. The minimum atomic E-state index is -1.56. The number of nitrogens with two attached hydrogens (primary N) is 1. The van der Waals surface area contributed by atoms with Gasteiger partial charge in [0.05, 0.1) is 5.60 Å². The van der Waals surface area contributed by atoms with Crippen LogP contribution in [0.1, 0.15) is 0 Å². The van der Waals surface area contributed by atoms with Crippen LogP contribution in [0, 0.1) is 0 Å². The van der Waals surface area contributed by atoms with Gasteiger partial charge in [0, 0.05) is 0 Å². The Morgan fingerprint density at radius 1 is 1.67 bits per heavy atom. The van der Waals surface area contributed by atoms with Crippen molar-refractivity contribution in [1.82, 2.24) is 5.43 Å². The Labute approximate surface area is 53.8 Å². The Balaban J connectivity index is 3.96. The largest absolute Gasteiger partial charge is 0.506 e. The first-order valence-electron chi connectivity index (χ1n) is 2.37. The van der Waals surface area contributed by atoms with Crippen LogP contribution in [0.3, 0.4) is 0 Å². The number of rotatable bonds is 3. The Morgan fingerprint density at radius 2 is 2.22 bits per heavy atom. The third kappa shape index (κ3) is 2.92. The minimum absolute atomic E-state index is 0.116. The molecule has 0 aromatic rings. The molecule has 0 aliphatic rings. The Kier molecular flexibility index (Phi) is 3.78. The molecule has 0 spiro atoms. The topological polar surface area (TPSA) is 78.5 Å². The van der Waals surface area contributed by atoms with E-state index in [-0.39, 0.29) is 5.60 Å². The summed E-state index contributed by atoms with van der Waals surface area (Å²) in [6.45, 7) is 3.34. The van der Waals surface area contributed by atoms with Gasteiger partial charge >= 0.3 is 7.12 Å². The van der Waals surface area contributed by atoms with Crippen LogP contribution in [-0.4, -0.2) is 17.2 Å². The average Bonchev–Trinajstić information content (AvgIpc) is 1.82. The first-order chi connectivity index (χ1) is 4.22. The lowest BCUT2D eigenvalue weighted by molar-refractivity contribution is 0.414. The van der Waals surface area contributed by atoms with Gasteiger partial charge in [-0.05, 0) is 6.08 Å². The number of allylic oxidation sites excluding steroid dienone is 2. The van der Waals surface area contributed by atoms with Crippen LogP contribution in [0.15, 0.2) is 24.3 Å². The van der Waals surface area contributed by atoms with Crippen LogP contribution in [-0.2, 0) is 0 Å². The first kappa shape index (κ1) is 8.22. The molecule has 0 radical (unpaired) electrons.